The van der Waals surface area contributed by atoms with Crippen LogP contribution >= 0.6 is 11.3 Å². The fourth-order valence-corrected chi connectivity index (χ4v) is 4.08. The highest BCUT2D eigenvalue weighted by Gasteiger charge is 2.37. The lowest BCUT2D eigenvalue weighted by Gasteiger charge is -2.36. The third-order valence-corrected chi connectivity index (χ3v) is 5.92. The quantitative estimate of drug-likeness (QED) is 0.645. The summed E-state index contributed by atoms with van der Waals surface area (Å²) in [6.45, 7) is 5.33. The molecule has 0 bridgehead atoms. The van der Waals surface area contributed by atoms with Crippen LogP contribution in [0.1, 0.15) is 18.9 Å². The van der Waals surface area contributed by atoms with Crippen LogP contribution in [0.4, 0.5) is 11.4 Å². The minimum absolute atomic E-state index is 0.267. The highest BCUT2D eigenvalue weighted by molar-refractivity contribution is 7.09. The normalized spacial score (nSPS) is 16.3. The lowest BCUT2D eigenvalue weighted by atomic mass is 10.1. The summed E-state index contributed by atoms with van der Waals surface area (Å²) in [5.41, 5.74) is 2.87. The van der Waals surface area contributed by atoms with Crippen molar-refractivity contribution in [3.8, 4) is 22.8 Å². The van der Waals surface area contributed by atoms with Crippen LogP contribution in [0.3, 0.4) is 0 Å². The van der Waals surface area contributed by atoms with Crippen molar-refractivity contribution in [2.24, 2.45) is 0 Å². The van der Waals surface area contributed by atoms with Crippen LogP contribution in [0.25, 0.3) is 11.3 Å². The predicted octanol–water partition coefficient (Wildman–Crippen LogP) is 4.27. The average molecular weight is 438 g/mol. The summed E-state index contributed by atoms with van der Waals surface area (Å²) in [5.74, 6) is 0.693. The van der Waals surface area contributed by atoms with Crippen molar-refractivity contribution in [1.29, 1.82) is 0 Å². The fourth-order valence-electron chi connectivity index (χ4n) is 3.45. The van der Waals surface area contributed by atoms with E-state index < -0.39 is 12.1 Å². The van der Waals surface area contributed by atoms with E-state index in [1.165, 1.54) is 4.90 Å². The Balaban J connectivity index is 1.64. The van der Waals surface area contributed by atoms with E-state index in [2.05, 4.69) is 10.3 Å². The Labute approximate surface area is 184 Å². The summed E-state index contributed by atoms with van der Waals surface area (Å²) < 4.78 is 10.9. The number of benzene rings is 2. The number of methoxy groups -OCH3 is 1. The van der Waals surface area contributed by atoms with Gasteiger partial charge in [0.1, 0.15) is 17.5 Å². The lowest BCUT2D eigenvalue weighted by Crippen LogP contribution is -2.52. The number of rotatable bonds is 5. The summed E-state index contributed by atoms with van der Waals surface area (Å²) in [6.07, 6.45) is -0.684. The zero-order valence-electron chi connectivity index (χ0n) is 17.7. The average Bonchev–Trinajstić information content (AvgIpc) is 3.21. The van der Waals surface area contributed by atoms with Gasteiger partial charge in [0.15, 0.2) is 6.10 Å². The minimum atomic E-state index is -0.743. The topological polar surface area (TPSA) is 80.8 Å². The van der Waals surface area contributed by atoms with E-state index >= 15 is 0 Å². The summed E-state index contributed by atoms with van der Waals surface area (Å²) in [7, 11) is 1.58. The van der Waals surface area contributed by atoms with Gasteiger partial charge in [-0.1, -0.05) is 0 Å². The van der Waals surface area contributed by atoms with Crippen molar-refractivity contribution in [2.45, 2.75) is 32.9 Å². The van der Waals surface area contributed by atoms with Crippen LogP contribution in [0.15, 0.2) is 47.8 Å². The minimum Gasteiger partial charge on any atom is -0.497 e. The molecule has 3 aromatic rings. The van der Waals surface area contributed by atoms with E-state index in [0.717, 1.165) is 16.3 Å². The second-order valence-corrected chi connectivity index (χ2v) is 8.36. The Morgan fingerprint density at radius 1 is 1.26 bits per heavy atom. The molecule has 0 saturated carbocycles. The van der Waals surface area contributed by atoms with Crippen LogP contribution in [-0.4, -0.2) is 36.1 Å². The number of aromatic nitrogens is 1. The Bertz CT molecular complexity index is 1130. The number of hydrogen-bond acceptors (Lipinski definition) is 6. The molecule has 2 heterocycles. The van der Waals surface area contributed by atoms with Gasteiger partial charge in [-0.3, -0.25) is 14.5 Å². The van der Waals surface area contributed by atoms with Crippen LogP contribution in [0, 0.1) is 6.92 Å². The van der Waals surface area contributed by atoms with Gasteiger partial charge in [0, 0.05) is 16.6 Å². The Hall–Kier alpha value is -3.39. The molecule has 160 valence electrons. The van der Waals surface area contributed by atoms with E-state index in [1.54, 1.807) is 56.6 Å². The summed E-state index contributed by atoms with van der Waals surface area (Å²) in [6, 6.07) is 11.9. The van der Waals surface area contributed by atoms with Crippen LogP contribution in [0.2, 0.25) is 0 Å². The summed E-state index contributed by atoms with van der Waals surface area (Å²) >= 11 is 1.56. The number of hydrogen-bond donors (Lipinski definition) is 1. The third kappa shape index (κ3) is 4.11. The number of carbonyl (C=O) groups is 2. The standard InChI is InChI=1S/C23H23N3O4S/c1-13(22(27)25-17-6-8-18(29-4)9-7-17)26-20-11-16(19-12-31-15(3)24-19)5-10-21(20)30-14(2)23(26)28/h5-14H,1-4H3,(H,25,27). The molecule has 31 heavy (non-hydrogen) atoms. The summed E-state index contributed by atoms with van der Waals surface area (Å²) in [5, 5.41) is 5.79. The van der Waals surface area contributed by atoms with Gasteiger partial charge in [0.25, 0.3) is 5.91 Å². The van der Waals surface area contributed by atoms with Crippen LogP contribution < -0.4 is 19.7 Å². The highest BCUT2D eigenvalue weighted by Crippen LogP contribution is 2.39. The molecule has 2 aromatic carbocycles. The molecule has 4 rings (SSSR count). The van der Waals surface area contributed by atoms with Gasteiger partial charge in [-0.15, -0.1) is 11.3 Å². The molecule has 2 atom stereocenters. The molecule has 8 heteroatoms. The summed E-state index contributed by atoms with van der Waals surface area (Å²) in [4.78, 5) is 32.0. The first kappa shape index (κ1) is 20.9. The molecule has 0 aliphatic carbocycles. The first-order valence-corrected chi connectivity index (χ1v) is 10.8. The Kier molecular flexibility index (Phi) is 5.65. The van der Waals surface area contributed by atoms with E-state index in [0.29, 0.717) is 22.9 Å². The molecule has 1 aromatic heterocycles. The molecule has 1 aliphatic heterocycles. The second-order valence-electron chi connectivity index (χ2n) is 7.30. The molecule has 0 radical (unpaired) electrons. The first-order valence-electron chi connectivity index (χ1n) is 9.88. The number of amides is 2. The van der Waals surface area contributed by atoms with Gasteiger partial charge in [-0.05, 0) is 63.2 Å². The lowest BCUT2D eigenvalue weighted by molar-refractivity contribution is -0.128. The van der Waals surface area contributed by atoms with Gasteiger partial charge in [-0.2, -0.15) is 0 Å². The zero-order chi connectivity index (χ0) is 22.1. The van der Waals surface area contributed by atoms with Gasteiger partial charge < -0.3 is 14.8 Å². The van der Waals surface area contributed by atoms with Crippen molar-refractivity contribution in [3.63, 3.8) is 0 Å². The molecule has 0 spiro atoms. The van der Waals surface area contributed by atoms with E-state index in [9.17, 15) is 9.59 Å². The maximum absolute atomic E-state index is 13.0. The number of thiazole rings is 1. The number of carbonyl (C=O) groups excluding carboxylic acids is 2. The molecule has 2 amide bonds. The molecular formula is C23H23N3O4S. The third-order valence-electron chi connectivity index (χ3n) is 5.15. The van der Waals surface area contributed by atoms with Crippen molar-refractivity contribution in [1.82, 2.24) is 4.98 Å². The maximum Gasteiger partial charge on any atom is 0.268 e. The number of nitrogens with one attached hydrogen (secondary N) is 1. The van der Waals surface area contributed by atoms with Crippen molar-refractivity contribution >= 4 is 34.5 Å². The molecular weight excluding hydrogens is 414 g/mol. The first-order chi connectivity index (χ1) is 14.9. The van der Waals surface area contributed by atoms with E-state index in [4.69, 9.17) is 9.47 Å². The molecule has 0 fully saturated rings. The monoisotopic (exact) mass is 437 g/mol. The highest BCUT2D eigenvalue weighted by atomic mass is 32.1. The van der Waals surface area contributed by atoms with Crippen LogP contribution in [0.5, 0.6) is 11.5 Å². The molecule has 1 N–H and O–H groups in total. The molecule has 0 saturated heterocycles. The predicted molar refractivity (Wildman–Crippen MR) is 121 cm³/mol. The maximum atomic E-state index is 13.0. The number of anilines is 2. The Morgan fingerprint density at radius 3 is 2.65 bits per heavy atom. The second kappa shape index (κ2) is 8.39. The van der Waals surface area contributed by atoms with Gasteiger partial charge in [0.2, 0.25) is 5.91 Å². The largest absolute Gasteiger partial charge is 0.497 e. The molecule has 7 nitrogen and oxygen atoms in total. The van der Waals surface area contributed by atoms with E-state index in [-0.39, 0.29) is 11.8 Å². The number of ether oxygens (including phenoxy) is 2. The zero-order valence-corrected chi connectivity index (χ0v) is 18.5. The fraction of sp³-hybridized carbons (Fsp3) is 0.261. The van der Waals surface area contributed by atoms with Crippen molar-refractivity contribution < 1.29 is 19.1 Å². The molecule has 1 aliphatic rings. The van der Waals surface area contributed by atoms with Gasteiger partial charge in [0.05, 0.1) is 23.5 Å². The smallest absolute Gasteiger partial charge is 0.268 e. The SMILES string of the molecule is COc1ccc(NC(=O)C(C)N2C(=O)C(C)Oc3ccc(-c4csc(C)n4)cc32)cc1. The van der Waals surface area contributed by atoms with Gasteiger partial charge in [-0.25, -0.2) is 4.98 Å². The van der Waals surface area contributed by atoms with Crippen molar-refractivity contribution in [3.05, 3.63) is 52.9 Å². The number of aryl methyl sites for hydroxylation is 1. The number of nitrogens with zero attached hydrogens (tertiary/aromatic N) is 2. The van der Waals surface area contributed by atoms with Crippen molar-refractivity contribution in [2.75, 3.05) is 17.3 Å². The van der Waals surface area contributed by atoms with E-state index in [1.807, 2.05) is 30.5 Å². The number of fused-ring (bicyclic) bond motifs is 1. The Morgan fingerprint density at radius 2 is 2.00 bits per heavy atom. The van der Waals surface area contributed by atoms with Gasteiger partial charge >= 0.3 is 0 Å². The molecule has 2 unspecified atom stereocenters. The van der Waals surface area contributed by atoms with Crippen LogP contribution in [-0.2, 0) is 9.59 Å².